The second-order valence-corrected chi connectivity index (χ2v) is 7.92. The molecule has 1 aliphatic heterocycles. The van der Waals surface area contributed by atoms with Crippen molar-refractivity contribution in [1.29, 1.82) is 0 Å². The second kappa shape index (κ2) is 6.33. The van der Waals surface area contributed by atoms with Crippen molar-refractivity contribution in [2.24, 2.45) is 0 Å². The zero-order chi connectivity index (χ0) is 17.3. The number of hydrogen-bond donors (Lipinski definition) is 1. The van der Waals surface area contributed by atoms with E-state index in [4.69, 9.17) is 0 Å². The lowest BCUT2D eigenvalue weighted by Crippen LogP contribution is -2.38. The molecule has 1 N–H and O–H groups in total. The Morgan fingerprint density at radius 2 is 2.17 bits per heavy atom. The summed E-state index contributed by atoms with van der Waals surface area (Å²) in [4.78, 5) is 20.8. The van der Waals surface area contributed by atoms with Gasteiger partial charge in [-0.15, -0.1) is 0 Å². The Balaban J connectivity index is 1.74. The molecular formula is C15H19N5O3S. The number of sulfonamides is 1. The molecule has 0 spiro atoms. The number of amides is 1. The molecule has 1 amide bonds. The quantitative estimate of drug-likeness (QED) is 0.858. The minimum atomic E-state index is -3.22. The number of aromatic nitrogens is 3. The third kappa shape index (κ3) is 3.62. The van der Waals surface area contributed by atoms with Gasteiger partial charge >= 0.3 is 0 Å². The molecule has 3 rings (SSSR count). The summed E-state index contributed by atoms with van der Waals surface area (Å²) in [6.07, 6.45) is 6.78. The van der Waals surface area contributed by atoms with Crippen molar-refractivity contribution < 1.29 is 13.2 Å². The minimum Gasteiger partial charge on any atom is -0.347 e. The highest BCUT2D eigenvalue weighted by atomic mass is 32.2. The van der Waals surface area contributed by atoms with Crippen LogP contribution in [0, 0.1) is 6.92 Å². The number of carbonyl (C=O) groups is 1. The molecule has 1 fully saturated rings. The molecule has 8 nitrogen and oxygen atoms in total. The van der Waals surface area contributed by atoms with E-state index in [1.54, 1.807) is 29.4 Å². The van der Waals surface area contributed by atoms with Crippen LogP contribution in [0.2, 0.25) is 0 Å². The van der Waals surface area contributed by atoms with Crippen LogP contribution >= 0.6 is 0 Å². The lowest BCUT2D eigenvalue weighted by molar-refractivity contribution is 0.0934. The number of nitrogens with zero attached hydrogens (tertiary/aromatic N) is 4. The number of pyridine rings is 1. The van der Waals surface area contributed by atoms with Gasteiger partial charge in [-0.05, 0) is 31.0 Å². The van der Waals surface area contributed by atoms with Crippen molar-refractivity contribution in [3.8, 4) is 5.82 Å². The highest BCUT2D eigenvalue weighted by molar-refractivity contribution is 7.88. The van der Waals surface area contributed by atoms with Crippen LogP contribution in [0.1, 0.15) is 22.5 Å². The van der Waals surface area contributed by atoms with E-state index in [1.165, 1.54) is 10.6 Å². The van der Waals surface area contributed by atoms with Crippen LogP contribution in [0.4, 0.5) is 0 Å². The van der Waals surface area contributed by atoms with Gasteiger partial charge in [0.05, 0.1) is 6.26 Å². The van der Waals surface area contributed by atoms with E-state index in [0.717, 1.165) is 5.56 Å². The maximum Gasteiger partial charge on any atom is 0.270 e. The molecule has 24 heavy (non-hydrogen) atoms. The molecule has 0 unspecified atom stereocenters. The normalized spacial score (nSPS) is 18.7. The molecule has 2 aromatic heterocycles. The molecule has 128 valence electrons. The third-order valence-electron chi connectivity index (χ3n) is 3.91. The number of aryl methyl sites for hydroxylation is 1. The van der Waals surface area contributed by atoms with Gasteiger partial charge in [0, 0.05) is 31.5 Å². The highest BCUT2D eigenvalue weighted by Crippen LogP contribution is 2.14. The van der Waals surface area contributed by atoms with Gasteiger partial charge in [-0.2, -0.15) is 0 Å². The summed E-state index contributed by atoms with van der Waals surface area (Å²) in [5, 5.41) is 2.86. The van der Waals surface area contributed by atoms with Gasteiger partial charge < -0.3 is 5.32 Å². The van der Waals surface area contributed by atoms with Crippen molar-refractivity contribution in [2.75, 3.05) is 19.3 Å². The molecule has 2 aromatic rings. The average Bonchev–Trinajstić information content (AvgIpc) is 3.17. The maximum absolute atomic E-state index is 12.5. The topological polar surface area (TPSA) is 97.2 Å². The first-order chi connectivity index (χ1) is 11.3. The first kappa shape index (κ1) is 16.6. The van der Waals surface area contributed by atoms with Crippen molar-refractivity contribution in [3.05, 3.63) is 42.1 Å². The fraction of sp³-hybridized carbons (Fsp3) is 0.400. The molecule has 0 aliphatic carbocycles. The van der Waals surface area contributed by atoms with Crippen LogP contribution in [-0.2, 0) is 10.0 Å². The molecule has 0 saturated carbocycles. The summed E-state index contributed by atoms with van der Waals surface area (Å²) in [5.41, 5.74) is 1.21. The lowest BCUT2D eigenvalue weighted by atomic mass is 10.2. The van der Waals surface area contributed by atoms with Crippen LogP contribution in [0.3, 0.4) is 0 Å². The summed E-state index contributed by atoms with van der Waals surface area (Å²) in [6.45, 7) is 2.61. The minimum absolute atomic E-state index is 0.203. The number of carbonyl (C=O) groups excluding carboxylic acids is 1. The molecule has 1 saturated heterocycles. The molecule has 0 radical (unpaired) electrons. The Morgan fingerprint density at radius 3 is 2.79 bits per heavy atom. The van der Waals surface area contributed by atoms with Crippen molar-refractivity contribution in [3.63, 3.8) is 0 Å². The van der Waals surface area contributed by atoms with Crippen LogP contribution < -0.4 is 5.32 Å². The van der Waals surface area contributed by atoms with Crippen molar-refractivity contribution >= 4 is 15.9 Å². The monoisotopic (exact) mass is 349 g/mol. The Morgan fingerprint density at radius 1 is 1.38 bits per heavy atom. The van der Waals surface area contributed by atoms with E-state index in [1.807, 2.05) is 13.0 Å². The highest BCUT2D eigenvalue weighted by Gasteiger charge is 2.29. The number of nitrogens with one attached hydrogen (secondary N) is 1. The van der Waals surface area contributed by atoms with Gasteiger partial charge in [0.15, 0.2) is 0 Å². The smallest absolute Gasteiger partial charge is 0.270 e. The standard InChI is InChI=1S/C15H19N5O3S/c1-11-7-13(18-14(8-11)19-6-4-16-10-19)15(21)17-12-3-5-20(9-12)24(2,22)23/h4,6-8,10,12H,3,5,9H2,1-2H3,(H,17,21)/t12-/m0/s1. The van der Waals surface area contributed by atoms with Crippen LogP contribution in [0.15, 0.2) is 30.9 Å². The fourth-order valence-electron chi connectivity index (χ4n) is 2.70. The summed E-state index contributed by atoms with van der Waals surface area (Å²) in [6, 6.07) is 3.37. The molecule has 9 heteroatoms. The predicted molar refractivity (Wildman–Crippen MR) is 88.4 cm³/mol. The van der Waals surface area contributed by atoms with Crippen LogP contribution in [0.25, 0.3) is 5.82 Å². The van der Waals surface area contributed by atoms with E-state index in [0.29, 0.717) is 31.0 Å². The van der Waals surface area contributed by atoms with E-state index < -0.39 is 10.0 Å². The first-order valence-electron chi connectivity index (χ1n) is 7.56. The Labute approximate surface area is 140 Å². The van der Waals surface area contributed by atoms with Gasteiger partial charge in [0.25, 0.3) is 5.91 Å². The molecular weight excluding hydrogens is 330 g/mol. The van der Waals surface area contributed by atoms with Crippen molar-refractivity contribution in [2.45, 2.75) is 19.4 Å². The molecule has 3 heterocycles. The zero-order valence-electron chi connectivity index (χ0n) is 13.5. The van der Waals surface area contributed by atoms with E-state index in [9.17, 15) is 13.2 Å². The third-order valence-corrected chi connectivity index (χ3v) is 5.18. The first-order valence-corrected chi connectivity index (χ1v) is 9.41. The summed E-state index contributed by atoms with van der Waals surface area (Å²) >= 11 is 0. The average molecular weight is 349 g/mol. The van der Waals surface area contributed by atoms with Crippen molar-refractivity contribution in [1.82, 2.24) is 24.2 Å². The number of imidazole rings is 1. The van der Waals surface area contributed by atoms with Gasteiger partial charge in [-0.25, -0.2) is 22.7 Å². The second-order valence-electron chi connectivity index (χ2n) is 5.94. The summed E-state index contributed by atoms with van der Waals surface area (Å²) < 4.78 is 26.2. The Kier molecular flexibility index (Phi) is 4.37. The maximum atomic E-state index is 12.5. The van der Waals surface area contributed by atoms with Gasteiger partial charge in [-0.1, -0.05) is 0 Å². The predicted octanol–water partition coefficient (Wildman–Crippen LogP) is 0.339. The number of hydrogen-bond acceptors (Lipinski definition) is 5. The van der Waals surface area contributed by atoms with E-state index in [2.05, 4.69) is 15.3 Å². The summed E-state index contributed by atoms with van der Waals surface area (Å²) in [5.74, 6) is 0.308. The van der Waals surface area contributed by atoms with Crippen LogP contribution in [-0.4, -0.2) is 58.6 Å². The van der Waals surface area contributed by atoms with E-state index >= 15 is 0 Å². The Bertz CT molecular complexity index is 848. The SMILES string of the molecule is Cc1cc(C(=O)N[C@H]2CCN(S(C)(=O)=O)C2)nc(-n2ccnc2)c1. The molecule has 1 aliphatic rings. The lowest BCUT2D eigenvalue weighted by Gasteiger charge is -2.15. The zero-order valence-corrected chi connectivity index (χ0v) is 14.3. The van der Waals surface area contributed by atoms with Crippen LogP contribution in [0.5, 0.6) is 0 Å². The molecule has 1 atom stereocenters. The molecule has 0 bridgehead atoms. The number of rotatable bonds is 4. The van der Waals surface area contributed by atoms with Gasteiger partial charge in [-0.3, -0.25) is 9.36 Å². The summed E-state index contributed by atoms with van der Waals surface area (Å²) in [7, 11) is -3.22. The molecule has 0 aromatic carbocycles. The largest absolute Gasteiger partial charge is 0.347 e. The fourth-order valence-corrected chi connectivity index (χ4v) is 3.59. The Hall–Kier alpha value is -2.26. The van der Waals surface area contributed by atoms with Gasteiger partial charge in [0.2, 0.25) is 10.0 Å². The van der Waals surface area contributed by atoms with Gasteiger partial charge in [0.1, 0.15) is 17.8 Å². The van der Waals surface area contributed by atoms with E-state index in [-0.39, 0.29) is 11.9 Å².